The van der Waals surface area contributed by atoms with Crippen molar-refractivity contribution in [2.75, 3.05) is 13.2 Å². The van der Waals surface area contributed by atoms with Crippen LogP contribution in [0.2, 0.25) is 0 Å². The molecule has 0 N–H and O–H groups in total. The van der Waals surface area contributed by atoms with Crippen molar-refractivity contribution in [3.05, 3.63) is 12.7 Å². The van der Waals surface area contributed by atoms with Crippen molar-refractivity contribution in [3.8, 4) is 0 Å². The second-order valence-electron chi connectivity index (χ2n) is 9.90. The highest BCUT2D eigenvalue weighted by Gasteiger charge is 2.34. The van der Waals surface area contributed by atoms with E-state index in [0.717, 1.165) is 31.8 Å². The maximum atomic E-state index is 12.6. The molecule has 0 amide bonds. The maximum absolute atomic E-state index is 12.6. The van der Waals surface area contributed by atoms with Crippen LogP contribution >= 0.6 is 0 Å². The fraction of sp³-hybridized carbons (Fsp3) is 0.778. The Morgan fingerprint density at radius 1 is 0.714 bits per heavy atom. The Morgan fingerprint density at radius 2 is 1.20 bits per heavy atom. The molecule has 2 aliphatic carbocycles. The van der Waals surface area contributed by atoms with E-state index in [2.05, 4.69) is 6.58 Å². The Bertz CT molecular complexity index is 700. The normalized spacial score (nSPS) is 24.3. The fourth-order valence-corrected chi connectivity index (χ4v) is 4.65. The molecular formula is C27H42O8. The van der Waals surface area contributed by atoms with Gasteiger partial charge in [-0.25, -0.2) is 4.79 Å². The van der Waals surface area contributed by atoms with Gasteiger partial charge < -0.3 is 18.9 Å². The highest BCUT2D eigenvalue weighted by molar-refractivity contribution is 5.81. The number of unbranched alkanes of at least 4 members (excludes halogenated alkanes) is 3. The Balaban J connectivity index is 1.54. The lowest BCUT2D eigenvalue weighted by Crippen LogP contribution is -2.33. The molecule has 2 aliphatic rings. The molecule has 0 aromatic carbocycles. The molecule has 0 radical (unpaired) electrons. The zero-order valence-corrected chi connectivity index (χ0v) is 21.3. The van der Waals surface area contributed by atoms with Gasteiger partial charge in [-0.3, -0.25) is 14.4 Å². The molecule has 2 fully saturated rings. The first-order chi connectivity index (χ1) is 16.8. The van der Waals surface area contributed by atoms with Gasteiger partial charge in [0.25, 0.3) is 0 Å². The van der Waals surface area contributed by atoms with Crippen molar-refractivity contribution >= 4 is 23.9 Å². The minimum Gasteiger partial charge on any atom is -0.465 e. The topological polar surface area (TPSA) is 105 Å². The number of rotatable bonds is 13. The van der Waals surface area contributed by atoms with Crippen LogP contribution in [0.5, 0.6) is 0 Å². The van der Waals surface area contributed by atoms with Crippen LogP contribution in [-0.2, 0) is 38.1 Å². The van der Waals surface area contributed by atoms with Gasteiger partial charge >= 0.3 is 23.9 Å². The van der Waals surface area contributed by atoms with Gasteiger partial charge in [0.15, 0.2) is 0 Å². The van der Waals surface area contributed by atoms with Gasteiger partial charge in [0.1, 0.15) is 6.10 Å². The summed E-state index contributed by atoms with van der Waals surface area (Å²) in [6, 6.07) is 0. The largest absolute Gasteiger partial charge is 0.465 e. The standard InChI is InChI=1S/C27H42O8/c1-4-24(28)32-17-7-5-6-8-18-33-25(29)20-9-11-21(12-10-20)27(31)35-23-15-13-22(14-16-23)26(30)34-19(2)3/h4,19-23H,1,5-18H2,2-3H3. The van der Waals surface area contributed by atoms with Gasteiger partial charge in [-0.2, -0.15) is 0 Å². The number of hydrogen-bond acceptors (Lipinski definition) is 8. The Labute approximate surface area is 209 Å². The predicted octanol–water partition coefficient (Wildman–Crippen LogP) is 4.68. The van der Waals surface area contributed by atoms with Crippen LogP contribution in [0.15, 0.2) is 12.7 Å². The van der Waals surface area contributed by atoms with Crippen molar-refractivity contribution in [2.45, 2.75) is 103 Å². The quantitative estimate of drug-likeness (QED) is 0.157. The molecule has 2 rings (SSSR count). The molecule has 0 spiro atoms. The summed E-state index contributed by atoms with van der Waals surface area (Å²) in [6.45, 7) is 7.80. The van der Waals surface area contributed by atoms with E-state index in [1.54, 1.807) is 0 Å². The molecule has 0 aromatic heterocycles. The molecule has 0 aliphatic heterocycles. The van der Waals surface area contributed by atoms with Crippen LogP contribution in [0.1, 0.15) is 90.9 Å². The molecule has 0 aromatic rings. The van der Waals surface area contributed by atoms with Crippen LogP contribution in [0.25, 0.3) is 0 Å². The summed E-state index contributed by atoms with van der Waals surface area (Å²) in [5.41, 5.74) is 0. The molecule has 8 nitrogen and oxygen atoms in total. The monoisotopic (exact) mass is 494 g/mol. The molecule has 0 atom stereocenters. The SMILES string of the molecule is C=CC(=O)OCCCCCCOC(=O)C1CCC(C(=O)OC2CCC(C(=O)OC(C)C)CC2)CC1. The van der Waals surface area contributed by atoms with Crippen molar-refractivity contribution in [1.29, 1.82) is 0 Å². The molecule has 0 bridgehead atoms. The number of esters is 4. The molecule has 8 heteroatoms. The molecular weight excluding hydrogens is 452 g/mol. The summed E-state index contributed by atoms with van der Waals surface area (Å²) in [4.78, 5) is 48.0. The minimum atomic E-state index is -0.408. The molecule has 0 saturated heterocycles. The summed E-state index contributed by atoms with van der Waals surface area (Å²) in [6.07, 6.45) is 9.55. The first-order valence-corrected chi connectivity index (χ1v) is 13.2. The van der Waals surface area contributed by atoms with Crippen LogP contribution in [0.3, 0.4) is 0 Å². The lowest BCUT2D eigenvalue weighted by atomic mass is 9.82. The van der Waals surface area contributed by atoms with Crippen LogP contribution in [-0.4, -0.2) is 49.3 Å². The number of hydrogen-bond donors (Lipinski definition) is 0. The first-order valence-electron chi connectivity index (χ1n) is 13.2. The second kappa shape index (κ2) is 15.6. The van der Waals surface area contributed by atoms with Gasteiger partial charge in [0.2, 0.25) is 0 Å². The van der Waals surface area contributed by atoms with E-state index in [1.165, 1.54) is 0 Å². The maximum Gasteiger partial charge on any atom is 0.330 e. The molecule has 35 heavy (non-hydrogen) atoms. The van der Waals surface area contributed by atoms with Gasteiger partial charge in [-0.1, -0.05) is 6.58 Å². The summed E-state index contributed by atoms with van der Waals surface area (Å²) in [5.74, 6) is -1.34. The molecule has 0 unspecified atom stereocenters. The van der Waals surface area contributed by atoms with Gasteiger partial charge in [0, 0.05) is 6.08 Å². The summed E-state index contributed by atoms with van der Waals surface area (Å²) in [5, 5.41) is 0. The summed E-state index contributed by atoms with van der Waals surface area (Å²) in [7, 11) is 0. The van der Waals surface area contributed by atoms with E-state index in [-0.39, 0.29) is 47.9 Å². The van der Waals surface area contributed by atoms with E-state index in [1.807, 2.05) is 13.8 Å². The lowest BCUT2D eigenvalue weighted by Gasteiger charge is -2.30. The second-order valence-corrected chi connectivity index (χ2v) is 9.90. The smallest absolute Gasteiger partial charge is 0.330 e. The average molecular weight is 495 g/mol. The fourth-order valence-electron chi connectivity index (χ4n) is 4.65. The third kappa shape index (κ3) is 10.8. The summed E-state index contributed by atoms with van der Waals surface area (Å²) >= 11 is 0. The number of carbonyl (C=O) groups is 4. The highest BCUT2D eigenvalue weighted by atomic mass is 16.6. The molecule has 0 heterocycles. The van der Waals surface area contributed by atoms with Crippen molar-refractivity contribution in [3.63, 3.8) is 0 Å². The molecule has 2 saturated carbocycles. The van der Waals surface area contributed by atoms with Gasteiger partial charge in [-0.15, -0.1) is 0 Å². The van der Waals surface area contributed by atoms with E-state index < -0.39 is 5.97 Å². The van der Waals surface area contributed by atoms with Gasteiger partial charge in [0.05, 0.1) is 37.1 Å². The van der Waals surface area contributed by atoms with Gasteiger partial charge in [-0.05, 0) is 90.9 Å². The highest BCUT2D eigenvalue weighted by Crippen LogP contribution is 2.33. The summed E-state index contributed by atoms with van der Waals surface area (Å²) < 4.78 is 21.4. The van der Waals surface area contributed by atoms with Crippen molar-refractivity contribution < 1.29 is 38.1 Å². The van der Waals surface area contributed by atoms with E-state index in [0.29, 0.717) is 64.6 Å². The lowest BCUT2D eigenvalue weighted by molar-refractivity contribution is -0.162. The minimum absolute atomic E-state index is 0.101. The zero-order valence-electron chi connectivity index (χ0n) is 21.3. The van der Waals surface area contributed by atoms with Crippen molar-refractivity contribution in [1.82, 2.24) is 0 Å². The average Bonchev–Trinajstić information content (AvgIpc) is 2.85. The predicted molar refractivity (Wildman–Crippen MR) is 129 cm³/mol. The Kier molecular flexibility index (Phi) is 12.8. The van der Waals surface area contributed by atoms with E-state index in [9.17, 15) is 19.2 Å². The van der Waals surface area contributed by atoms with Crippen LogP contribution in [0, 0.1) is 17.8 Å². The van der Waals surface area contributed by atoms with Crippen LogP contribution < -0.4 is 0 Å². The first kappa shape index (κ1) is 28.9. The third-order valence-corrected chi connectivity index (χ3v) is 6.73. The van der Waals surface area contributed by atoms with Crippen LogP contribution in [0.4, 0.5) is 0 Å². The zero-order chi connectivity index (χ0) is 25.6. The molecule has 198 valence electrons. The third-order valence-electron chi connectivity index (χ3n) is 6.73. The number of ether oxygens (including phenoxy) is 4. The van der Waals surface area contributed by atoms with E-state index >= 15 is 0 Å². The van der Waals surface area contributed by atoms with E-state index in [4.69, 9.17) is 18.9 Å². The number of carbonyl (C=O) groups excluding carboxylic acids is 4. The Morgan fingerprint density at radius 3 is 1.74 bits per heavy atom. The Hall–Kier alpha value is -2.38. The van der Waals surface area contributed by atoms with Crippen molar-refractivity contribution in [2.24, 2.45) is 17.8 Å².